The minimum absolute atomic E-state index is 0.369. The van der Waals surface area contributed by atoms with Gasteiger partial charge in [0.25, 0.3) is 0 Å². The number of methoxy groups -OCH3 is 1. The van der Waals surface area contributed by atoms with Crippen molar-refractivity contribution in [2.45, 2.75) is 18.9 Å². The number of nitrogens with one attached hydrogen (secondary N) is 1. The van der Waals surface area contributed by atoms with E-state index in [0.717, 1.165) is 26.1 Å². The molecule has 1 unspecified atom stereocenters. The van der Waals surface area contributed by atoms with E-state index in [4.69, 9.17) is 4.74 Å². The molecule has 1 aromatic rings. The number of carbonyl (C=O) groups excluding carboxylic acids is 1. The predicted molar refractivity (Wildman–Crippen MR) is 74.8 cm³/mol. The lowest BCUT2D eigenvalue weighted by molar-refractivity contribution is -0.155. The van der Waals surface area contributed by atoms with Gasteiger partial charge < -0.3 is 10.1 Å². The number of nitrogens with zero attached hydrogens (tertiary/aromatic N) is 1. The van der Waals surface area contributed by atoms with Crippen molar-refractivity contribution in [3.05, 3.63) is 35.6 Å². The van der Waals surface area contributed by atoms with Crippen molar-refractivity contribution in [1.29, 1.82) is 0 Å². The first-order chi connectivity index (χ1) is 9.60. The van der Waals surface area contributed by atoms with Crippen molar-refractivity contribution >= 4 is 5.97 Å². The largest absolute Gasteiger partial charge is 0.467 e. The second kappa shape index (κ2) is 6.33. The fourth-order valence-electron chi connectivity index (χ4n) is 2.76. The Morgan fingerprint density at radius 1 is 1.35 bits per heavy atom. The number of halogens is 1. The Labute approximate surface area is 118 Å². The molecule has 1 aliphatic rings. The van der Waals surface area contributed by atoms with E-state index < -0.39 is 11.5 Å². The maximum atomic E-state index is 14.2. The average Bonchev–Trinajstić information content (AvgIpc) is 2.75. The topological polar surface area (TPSA) is 41.6 Å². The normalized spacial score (nSPS) is 19.9. The first-order valence-corrected chi connectivity index (χ1v) is 6.90. The summed E-state index contributed by atoms with van der Waals surface area (Å²) in [4.78, 5) is 14.3. The first kappa shape index (κ1) is 14.9. The Kier molecular flexibility index (Phi) is 4.73. The summed E-state index contributed by atoms with van der Waals surface area (Å²) >= 11 is 0. The summed E-state index contributed by atoms with van der Waals surface area (Å²) in [5.74, 6) is -0.804. The minimum Gasteiger partial charge on any atom is -0.467 e. The van der Waals surface area contributed by atoms with Crippen LogP contribution in [0.5, 0.6) is 0 Å². The molecule has 0 spiro atoms. The van der Waals surface area contributed by atoms with Crippen molar-refractivity contribution < 1.29 is 13.9 Å². The number of hydrogen-bond donors (Lipinski definition) is 1. The van der Waals surface area contributed by atoms with E-state index in [1.165, 1.54) is 13.2 Å². The summed E-state index contributed by atoms with van der Waals surface area (Å²) in [6.45, 7) is 4.83. The summed E-state index contributed by atoms with van der Waals surface area (Å²) in [5, 5.41) is 3.28. The zero-order valence-corrected chi connectivity index (χ0v) is 12.0. The van der Waals surface area contributed by atoms with Gasteiger partial charge in [-0.05, 0) is 26.0 Å². The van der Waals surface area contributed by atoms with Crippen LogP contribution in [0.2, 0.25) is 0 Å². The molecule has 5 heteroatoms. The quantitative estimate of drug-likeness (QED) is 0.852. The molecule has 0 saturated carbocycles. The van der Waals surface area contributed by atoms with E-state index in [1.807, 2.05) is 4.90 Å². The van der Waals surface area contributed by atoms with E-state index >= 15 is 0 Å². The summed E-state index contributed by atoms with van der Waals surface area (Å²) in [6, 6.07) is 6.41. The minimum atomic E-state index is -1.09. The van der Waals surface area contributed by atoms with Gasteiger partial charge in [-0.1, -0.05) is 18.2 Å². The van der Waals surface area contributed by atoms with E-state index in [2.05, 4.69) is 5.32 Å². The SMILES string of the molecule is COC(=O)C(C)(c1ccccc1F)N1CCCNCC1. The average molecular weight is 280 g/mol. The molecule has 0 radical (unpaired) electrons. The van der Waals surface area contributed by atoms with Crippen molar-refractivity contribution in [1.82, 2.24) is 10.2 Å². The van der Waals surface area contributed by atoms with Crippen molar-refractivity contribution in [2.24, 2.45) is 0 Å². The molecule has 20 heavy (non-hydrogen) atoms. The number of esters is 1. The van der Waals surface area contributed by atoms with Crippen molar-refractivity contribution in [3.63, 3.8) is 0 Å². The molecule has 0 bridgehead atoms. The van der Waals surface area contributed by atoms with Crippen LogP contribution < -0.4 is 5.32 Å². The molecule has 0 aromatic heterocycles. The van der Waals surface area contributed by atoms with Gasteiger partial charge >= 0.3 is 5.97 Å². The molecule has 1 atom stereocenters. The van der Waals surface area contributed by atoms with Crippen LogP contribution >= 0.6 is 0 Å². The number of rotatable bonds is 3. The third kappa shape index (κ3) is 2.69. The lowest BCUT2D eigenvalue weighted by Gasteiger charge is -2.38. The van der Waals surface area contributed by atoms with Crippen molar-refractivity contribution in [3.8, 4) is 0 Å². The Morgan fingerprint density at radius 3 is 2.80 bits per heavy atom. The van der Waals surface area contributed by atoms with Crippen LogP contribution in [0.15, 0.2) is 24.3 Å². The molecule has 1 aliphatic heterocycles. The van der Waals surface area contributed by atoms with Crippen LogP contribution in [0.1, 0.15) is 18.9 Å². The van der Waals surface area contributed by atoms with Crippen LogP contribution in [0.3, 0.4) is 0 Å². The van der Waals surface area contributed by atoms with Gasteiger partial charge in [0.1, 0.15) is 11.4 Å². The Bertz CT molecular complexity index is 473. The molecular formula is C15H21FN2O2. The van der Waals surface area contributed by atoms with Crippen LogP contribution in [0.25, 0.3) is 0 Å². The van der Waals surface area contributed by atoms with E-state index in [1.54, 1.807) is 25.1 Å². The highest BCUT2D eigenvalue weighted by atomic mass is 19.1. The number of carbonyl (C=O) groups is 1. The molecule has 2 rings (SSSR count). The summed E-state index contributed by atoms with van der Waals surface area (Å²) in [5.41, 5.74) is -0.722. The van der Waals surface area contributed by atoms with Gasteiger partial charge in [0.15, 0.2) is 0 Å². The molecule has 1 fully saturated rings. The van der Waals surface area contributed by atoms with Gasteiger partial charge in [-0.15, -0.1) is 0 Å². The highest BCUT2D eigenvalue weighted by Crippen LogP contribution is 2.32. The Morgan fingerprint density at radius 2 is 2.10 bits per heavy atom. The van der Waals surface area contributed by atoms with Crippen molar-refractivity contribution in [2.75, 3.05) is 33.3 Å². The molecule has 0 aliphatic carbocycles. The highest BCUT2D eigenvalue weighted by molar-refractivity contribution is 5.82. The molecule has 1 saturated heterocycles. The Hall–Kier alpha value is -1.46. The summed E-state index contributed by atoms with van der Waals surface area (Å²) < 4.78 is 19.1. The monoisotopic (exact) mass is 280 g/mol. The number of hydrogen-bond acceptors (Lipinski definition) is 4. The predicted octanol–water partition coefficient (Wildman–Crippen LogP) is 1.51. The smallest absolute Gasteiger partial charge is 0.330 e. The summed E-state index contributed by atoms with van der Waals surface area (Å²) in [7, 11) is 1.34. The van der Waals surface area contributed by atoms with E-state index in [-0.39, 0.29) is 5.82 Å². The lowest BCUT2D eigenvalue weighted by atomic mass is 9.89. The summed E-state index contributed by atoms with van der Waals surface area (Å²) in [6.07, 6.45) is 0.918. The lowest BCUT2D eigenvalue weighted by Crippen LogP contribution is -2.52. The second-order valence-electron chi connectivity index (χ2n) is 5.13. The van der Waals surface area contributed by atoms with Gasteiger partial charge in [-0.2, -0.15) is 0 Å². The third-order valence-corrected chi connectivity index (χ3v) is 3.95. The second-order valence-corrected chi connectivity index (χ2v) is 5.13. The fraction of sp³-hybridized carbons (Fsp3) is 0.533. The number of benzene rings is 1. The van der Waals surface area contributed by atoms with Gasteiger partial charge in [-0.3, -0.25) is 4.90 Å². The maximum Gasteiger partial charge on any atom is 0.330 e. The zero-order chi connectivity index (χ0) is 14.6. The van der Waals surface area contributed by atoms with Crippen LogP contribution in [-0.2, 0) is 15.1 Å². The number of ether oxygens (including phenoxy) is 1. The molecule has 1 aromatic carbocycles. The van der Waals surface area contributed by atoms with Gasteiger partial charge in [0.2, 0.25) is 0 Å². The molecule has 1 heterocycles. The van der Waals surface area contributed by atoms with Gasteiger partial charge in [0, 0.05) is 25.2 Å². The highest BCUT2D eigenvalue weighted by Gasteiger charge is 2.44. The van der Waals surface area contributed by atoms with E-state index in [0.29, 0.717) is 12.1 Å². The molecular weight excluding hydrogens is 259 g/mol. The van der Waals surface area contributed by atoms with Gasteiger partial charge in [-0.25, -0.2) is 9.18 Å². The fourth-order valence-corrected chi connectivity index (χ4v) is 2.76. The molecule has 110 valence electrons. The zero-order valence-electron chi connectivity index (χ0n) is 12.0. The van der Waals surface area contributed by atoms with E-state index in [9.17, 15) is 9.18 Å². The molecule has 0 amide bonds. The third-order valence-electron chi connectivity index (χ3n) is 3.95. The standard InChI is InChI=1S/C15H21FN2O2/c1-15(14(19)20-2,12-6-3-4-7-13(12)16)18-10-5-8-17-9-11-18/h3-4,6-7,17H,5,8-11H2,1-2H3. The molecule has 1 N–H and O–H groups in total. The maximum absolute atomic E-state index is 14.2. The first-order valence-electron chi connectivity index (χ1n) is 6.90. The Balaban J connectivity index is 2.44. The van der Waals surface area contributed by atoms with Crippen LogP contribution in [-0.4, -0.2) is 44.2 Å². The van der Waals surface area contributed by atoms with Crippen LogP contribution in [0.4, 0.5) is 4.39 Å². The van der Waals surface area contributed by atoms with Gasteiger partial charge in [0.05, 0.1) is 7.11 Å². The molecule has 4 nitrogen and oxygen atoms in total. The van der Waals surface area contributed by atoms with Crippen LogP contribution in [0, 0.1) is 5.82 Å².